The largest absolute Gasteiger partial charge is 0.336 e. The van der Waals surface area contributed by atoms with Crippen LogP contribution in [0.25, 0.3) is 11.8 Å². The molecular weight excluding hydrogens is 388 g/mol. The van der Waals surface area contributed by atoms with E-state index in [-0.39, 0.29) is 11.9 Å². The number of aromatic nitrogens is 1. The first kappa shape index (κ1) is 20.5. The minimum atomic E-state index is -0.219. The molecule has 0 saturated carbocycles. The highest BCUT2D eigenvalue weighted by molar-refractivity contribution is 6.02. The topological polar surface area (TPSA) is 66.4 Å². The zero-order valence-corrected chi connectivity index (χ0v) is 18.0. The Morgan fingerprint density at radius 2 is 1.81 bits per heavy atom. The number of amides is 3. The maximum Gasteiger partial charge on any atom is 0.321 e. The molecule has 2 aromatic carbocycles. The molecule has 2 heterocycles. The molecule has 0 unspecified atom stereocenters. The van der Waals surface area contributed by atoms with Gasteiger partial charge < -0.3 is 15.2 Å². The molecule has 0 bridgehead atoms. The Hall–Kier alpha value is -3.80. The summed E-state index contributed by atoms with van der Waals surface area (Å²) >= 11 is 0. The van der Waals surface area contributed by atoms with E-state index in [4.69, 9.17) is 0 Å². The van der Waals surface area contributed by atoms with E-state index in [0.717, 1.165) is 28.3 Å². The number of anilines is 2. The average molecular weight is 415 g/mol. The molecule has 0 aliphatic carbocycles. The van der Waals surface area contributed by atoms with Crippen LogP contribution < -0.4 is 15.5 Å². The number of nitrogens with one attached hydrogen (secondary N) is 2. The Morgan fingerprint density at radius 1 is 1.03 bits per heavy atom. The number of urea groups is 1. The van der Waals surface area contributed by atoms with Crippen LogP contribution in [0.5, 0.6) is 0 Å². The van der Waals surface area contributed by atoms with Crippen molar-refractivity contribution in [1.82, 2.24) is 9.88 Å². The minimum Gasteiger partial charge on any atom is -0.336 e. The molecule has 6 heteroatoms. The van der Waals surface area contributed by atoms with Gasteiger partial charge in [-0.1, -0.05) is 23.8 Å². The number of nitrogens with zero attached hydrogens (tertiary/aromatic N) is 2. The summed E-state index contributed by atoms with van der Waals surface area (Å²) in [7, 11) is 0. The Balaban J connectivity index is 1.48. The number of benzene rings is 2. The summed E-state index contributed by atoms with van der Waals surface area (Å²) in [5.74, 6) is -0.219. The SMILES string of the molecule is Cc1ccc(-n2c(C)cc(/C=C/C(=O)Nc3cccc(N4CCNC4=O)c3)c2C)cc1. The Kier molecular flexibility index (Phi) is 5.62. The number of hydrogen-bond acceptors (Lipinski definition) is 2. The zero-order chi connectivity index (χ0) is 22.0. The van der Waals surface area contributed by atoms with Crippen molar-refractivity contribution < 1.29 is 9.59 Å². The molecule has 1 saturated heterocycles. The Labute approximate surface area is 182 Å². The van der Waals surface area contributed by atoms with Crippen LogP contribution in [-0.2, 0) is 4.79 Å². The minimum absolute atomic E-state index is 0.118. The van der Waals surface area contributed by atoms with E-state index in [2.05, 4.69) is 66.3 Å². The van der Waals surface area contributed by atoms with Gasteiger partial charge in [-0.2, -0.15) is 0 Å². The normalized spacial score (nSPS) is 13.6. The van der Waals surface area contributed by atoms with Crippen molar-refractivity contribution in [2.24, 2.45) is 0 Å². The second-order valence-electron chi connectivity index (χ2n) is 7.75. The van der Waals surface area contributed by atoms with Crippen molar-refractivity contribution >= 4 is 29.4 Å². The molecule has 3 aromatic rings. The smallest absolute Gasteiger partial charge is 0.321 e. The van der Waals surface area contributed by atoms with E-state index in [1.54, 1.807) is 11.0 Å². The van der Waals surface area contributed by atoms with Crippen molar-refractivity contribution in [2.75, 3.05) is 23.3 Å². The lowest BCUT2D eigenvalue weighted by atomic mass is 10.2. The molecule has 4 rings (SSSR count). The number of carbonyl (C=O) groups excluding carboxylic acids is 2. The molecule has 0 spiro atoms. The summed E-state index contributed by atoms with van der Waals surface area (Å²) in [5, 5.41) is 5.66. The predicted octanol–water partition coefficient (Wildman–Crippen LogP) is 4.58. The van der Waals surface area contributed by atoms with E-state index in [0.29, 0.717) is 18.8 Å². The van der Waals surface area contributed by atoms with Gasteiger partial charge in [-0.25, -0.2) is 4.79 Å². The highest BCUT2D eigenvalue weighted by atomic mass is 16.2. The molecule has 3 amide bonds. The highest BCUT2D eigenvalue weighted by Gasteiger charge is 2.21. The van der Waals surface area contributed by atoms with Gasteiger partial charge in [0, 0.05) is 47.6 Å². The van der Waals surface area contributed by atoms with Crippen molar-refractivity contribution in [3.8, 4) is 5.69 Å². The van der Waals surface area contributed by atoms with Gasteiger partial charge in [0.05, 0.1) is 0 Å². The van der Waals surface area contributed by atoms with Crippen LogP contribution >= 0.6 is 0 Å². The first-order chi connectivity index (χ1) is 14.9. The van der Waals surface area contributed by atoms with Gasteiger partial charge in [-0.3, -0.25) is 9.69 Å². The molecular formula is C25H26N4O2. The average Bonchev–Trinajstić information content (AvgIpc) is 3.30. The lowest BCUT2D eigenvalue weighted by Crippen LogP contribution is -2.27. The van der Waals surface area contributed by atoms with E-state index in [9.17, 15) is 9.59 Å². The molecule has 1 aromatic heterocycles. The third-order valence-corrected chi connectivity index (χ3v) is 5.46. The van der Waals surface area contributed by atoms with Crippen molar-refractivity contribution in [3.63, 3.8) is 0 Å². The van der Waals surface area contributed by atoms with Crippen LogP contribution in [0.1, 0.15) is 22.5 Å². The summed E-state index contributed by atoms with van der Waals surface area (Å²) in [6, 6.07) is 17.6. The standard InChI is InChI=1S/C25H26N4O2/c1-17-7-10-22(11-8-17)29-18(2)15-20(19(29)3)9-12-24(30)27-21-5-4-6-23(16-21)28-14-13-26-25(28)31/h4-12,15-16H,13-14H2,1-3H3,(H,26,31)(H,27,30)/b12-9+. The molecule has 1 aliphatic rings. The lowest BCUT2D eigenvalue weighted by Gasteiger charge is -2.15. The molecule has 6 nitrogen and oxygen atoms in total. The van der Waals surface area contributed by atoms with Gasteiger partial charge in [-0.15, -0.1) is 0 Å². The van der Waals surface area contributed by atoms with E-state index < -0.39 is 0 Å². The van der Waals surface area contributed by atoms with Gasteiger partial charge in [-0.05, 0) is 68.8 Å². The Bertz CT molecular complexity index is 1160. The lowest BCUT2D eigenvalue weighted by molar-refractivity contribution is -0.111. The summed E-state index contributed by atoms with van der Waals surface area (Å²) in [6.45, 7) is 7.42. The number of hydrogen-bond donors (Lipinski definition) is 2. The van der Waals surface area contributed by atoms with Gasteiger partial charge in [0.15, 0.2) is 0 Å². The van der Waals surface area contributed by atoms with Crippen molar-refractivity contribution in [2.45, 2.75) is 20.8 Å². The van der Waals surface area contributed by atoms with Crippen LogP contribution in [-0.4, -0.2) is 29.6 Å². The van der Waals surface area contributed by atoms with Crippen LogP contribution in [0.3, 0.4) is 0 Å². The summed E-state index contributed by atoms with van der Waals surface area (Å²) in [5.41, 5.74) is 6.92. The molecule has 0 radical (unpaired) electrons. The third kappa shape index (κ3) is 4.38. The van der Waals surface area contributed by atoms with E-state index in [1.165, 1.54) is 11.6 Å². The van der Waals surface area contributed by atoms with Gasteiger partial charge in [0.2, 0.25) is 5.91 Å². The van der Waals surface area contributed by atoms with Gasteiger partial charge >= 0.3 is 6.03 Å². The van der Waals surface area contributed by atoms with Gasteiger partial charge in [0.1, 0.15) is 0 Å². The van der Waals surface area contributed by atoms with E-state index >= 15 is 0 Å². The highest BCUT2D eigenvalue weighted by Crippen LogP contribution is 2.23. The fraction of sp³-hybridized carbons (Fsp3) is 0.200. The molecule has 1 aliphatic heterocycles. The number of carbonyl (C=O) groups is 2. The van der Waals surface area contributed by atoms with Crippen molar-refractivity contribution in [3.05, 3.63) is 83.2 Å². The molecule has 31 heavy (non-hydrogen) atoms. The van der Waals surface area contributed by atoms with Gasteiger partial charge in [0.25, 0.3) is 0 Å². The Morgan fingerprint density at radius 3 is 2.52 bits per heavy atom. The van der Waals surface area contributed by atoms with Crippen LogP contribution in [0, 0.1) is 20.8 Å². The van der Waals surface area contributed by atoms with E-state index in [1.807, 2.05) is 24.3 Å². The van der Waals surface area contributed by atoms with Crippen LogP contribution in [0.4, 0.5) is 16.2 Å². The summed E-state index contributed by atoms with van der Waals surface area (Å²) in [6.07, 6.45) is 3.37. The molecule has 0 atom stereocenters. The maximum atomic E-state index is 12.5. The quantitative estimate of drug-likeness (QED) is 0.600. The first-order valence-electron chi connectivity index (χ1n) is 10.3. The molecule has 2 N–H and O–H groups in total. The third-order valence-electron chi connectivity index (χ3n) is 5.46. The van der Waals surface area contributed by atoms with Crippen LogP contribution in [0.2, 0.25) is 0 Å². The van der Waals surface area contributed by atoms with Crippen LogP contribution in [0.15, 0.2) is 60.7 Å². The van der Waals surface area contributed by atoms with Crippen molar-refractivity contribution in [1.29, 1.82) is 0 Å². The number of aryl methyl sites for hydroxylation is 2. The zero-order valence-electron chi connectivity index (χ0n) is 18.0. The second kappa shape index (κ2) is 8.52. The molecule has 158 valence electrons. The summed E-state index contributed by atoms with van der Waals surface area (Å²) in [4.78, 5) is 26.0. The second-order valence-corrected chi connectivity index (χ2v) is 7.75. The monoisotopic (exact) mass is 414 g/mol. The number of rotatable bonds is 5. The summed E-state index contributed by atoms with van der Waals surface area (Å²) < 4.78 is 2.18. The fourth-order valence-corrected chi connectivity index (χ4v) is 3.87. The predicted molar refractivity (Wildman–Crippen MR) is 125 cm³/mol. The first-order valence-corrected chi connectivity index (χ1v) is 10.3. The molecule has 1 fully saturated rings. The fourth-order valence-electron chi connectivity index (χ4n) is 3.87. The maximum absolute atomic E-state index is 12.5.